The molecule has 0 bridgehead atoms. The standard InChI is InChI=1S/C8H17NO.C3H8N2O/c1-5-6-7(10)9-8(2,3)4;1-2-3-4-5-6/h5-6H2,1-4H3,(H,9,10);2-3H2,1H3,(H,4,6). The van der Waals surface area contributed by atoms with Crippen molar-refractivity contribution in [3.8, 4) is 0 Å². The van der Waals surface area contributed by atoms with Crippen molar-refractivity contribution in [3.05, 3.63) is 4.91 Å². The van der Waals surface area contributed by atoms with E-state index in [0.29, 0.717) is 13.0 Å². The summed E-state index contributed by atoms with van der Waals surface area (Å²) in [7, 11) is 0. The molecule has 0 aromatic carbocycles. The summed E-state index contributed by atoms with van der Waals surface area (Å²) in [5.74, 6) is 0.148. The largest absolute Gasteiger partial charge is 0.352 e. The molecular formula is C11H25N3O2. The van der Waals surface area contributed by atoms with Crippen molar-refractivity contribution in [3.63, 3.8) is 0 Å². The number of nitrogens with zero attached hydrogens (tertiary/aromatic N) is 1. The third-order valence-electron chi connectivity index (χ3n) is 1.42. The van der Waals surface area contributed by atoms with E-state index < -0.39 is 0 Å². The molecule has 1 amide bonds. The molecule has 16 heavy (non-hydrogen) atoms. The third kappa shape index (κ3) is 18.6. The molecule has 0 aromatic heterocycles. The number of hydrogen-bond acceptors (Lipinski definition) is 3. The van der Waals surface area contributed by atoms with Gasteiger partial charge in [-0.1, -0.05) is 13.8 Å². The highest BCUT2D eigenvalue weighted by molar-refractivity contribution is 5.76. The fraction of sp³-hybridized carbons (Fsp3) is 0.909. The van der Waals surface area contributed by atoms with Gasteiger partial charge in [-0.2, -0.15) is 0 Å². The Bertz CT molecular complexity index is 188. The first kappa shape index (κ1) is 17.3. The lowest BCUT2D eigenvalue weighted by Gasteiger charge is -2.20. The van der Waals surface area contributed by atoms with Gasteiger partial charge in [-0.05, 0) is 33.6 Å². The van der Waals surface area contributed by atoms with Gasteiger partial charge in [0.2, 0.25) is 5.91 Å². The molecule has 0 aliphatic rings. The van der Waals surface area contributed by atoms with Crippen LogP contribution >= 0.6 is 0 Å². The van der Waals surface area contributed by atoms with E-state index in [9.17, 15) is 9.70 Å². The van der Waals surface area contributed by atoms with Crippen LogP contribution in [0.5, 0.6) is 0 Å². The average molecular weight is 231 g/mol. The molecule has 0 rings (SSSR count). The molecule has 0 unspecified atom stereocenters. The van der Waals surface area contributed by atoms with Crippen LogP contribution in [0.4, 0.5) is 0 Å². The maximum absolute atomic E-state index is 10.9. The van der Waals surface area contributed by atoms with Gasteiger partial charge in [0.05, 0.1) is 0 Å². The van der Waals surface area contributed by atoms with Gasteiger partial charge in [-0.3, -0.25) is 10.2 Å². The van der Waals surface area contributed by atoms with Crippen molar-refractivity contribution < 1.29 is 4.79 Å². The topological polar surface area (TPSA) is 70.6 Å². The molecule has 5 nitrogen and oxygen atoms in total. The molecule has 0 aliphatic heterocycles. The molecule has 0 atom stereocenters. The minimum absolute atomic E-state index is 0.0771. The zero-order valence-corrected chi connectivity index (χ0v) is 11.1. The van der Waals surface area contributed by atoms with E-state index in [4.69, 9.17) is 0 Å². The molecule has 0 aromatic rings. The minimum Gasteiger partial charge on any atom is -0.352 e. The summed E-state index contributed by atoms with van der Waals surface area (Å²) in [4.78, 5) is 20.2. The van der Waals surface area contributed by atoms with Crippen molar-refractivity contribution in [2.45, 2.75) is 59.4 Å². The zero-order chi connectivity index (χ0) is 13.0. The van der Waals surface area contributed by atoms with Crippen LogP contribution in [0.25, 0.3) is 0 Å². The second-order valence-electron chi connectivity index (χ2n) is 4.55. The highest BCUT2D eigenvalue weighted by atomic mass is 16.3. The Morgan fingerprint density at radius 1 is 1.19 bits per heavy atom. The van der Waals surface area contributed by atoms with Crippen molar-refractivity contribution in [1.82, 2.24) is 10.7 Å². The van der Waals surface area contributed by atoms with Crippen LogP contribution < -0.4 is 10.7 Å². The van der Waals surface area contributed by atoms with Gasteiger partial charge in [0.25, 0.3) is 0 Å². The molecule has 0 fully saturated rings. The number of amides is 1. The summed E-state index contributed by atoms with van der Waals surface area (Å²) in [6.07, 6.45) is 2.50. The van der Waals surface area contributed by atoms with Crippen molar-refractivity contribution in [2.24, 2.45) is 5.29 Å². The van der Waals surface area contributed by atoms with Crippen LogP contribution in [0.3, 0.4) is 0 Å². The third-order valence-corrected chi connectivity index (χ3v) is 1.42. The normalized spacial score (nSPS) is 9.81. The van der Waals surface area contributed by atoms with E-state index in [1.165, 1.54) is 0 Å². The number of carbonyl (C=O) groups is 1. The summed E-state index contributed by atoms with van der Waals surface area (Å²) >= 11 is 0. The van der Waals surface area contributed by atoms with E-state index in [1.54, 1.807) is 0 Å². The fourth-order valence-electron chi connectivity index (χ4n) is 0.865. The predicted octanol–water partition coefficient (Wildman–Crippen LogP) is 2.37. The molecule has 0 saturated heterocycles. The van der Waals surface area contributed by atoms with E-state index in [1.807, 2.05) is 34.6 Å². The zero-order valence-electron chi connectivity index (χ0n) is 11.1. The highest BCUT2D eigenvalue weighted by Gasteiger charge is 2.11. The van der Waals surface area contributed by atoms with Gasteiger partial charge in [0.1, 0.15) is 0 Å². The summed E-state index contributed by atoms with van der Waals surface area (Å²) < 4.78 is 0. The number of nitroso groups, excluding NO2 is 1. The number of hydrogen-bond donors (Lipinski definition) is 2. The molecule has 2 N–H and O–H groups in total. The summed E-state index contributed by atoms with van der Waals surface area (Å²) in [5, 5.41) is 5.31. The Morgan fingerprint density at radius 3 is 2.00 bits per heavy atom. The van der Waals surface area contributed by atoms with Gasteiger partial charge in [-0.25, -0.2) is 0 Å². The molecular weight excluding hydrogens is 206 g/mol. The Hall–Kier alpha value is -1.13. The van der Waals surface area contributed by atoms with Gasteiger partial charge in [0, 0.05) is 23.8 Å². The summed E-state index contributed by atoms with van der Waals surface area (Å²) in [6.45, 7) is 10.6. The van der Waals surface area contributed by atoms with Crippen LogP contribution in [0.1, 0.15) is 53.9 Å². The van der Waals surface area contributed by atoms with Crippen molar-refractivity contribution in [2.75, 3.05) is 6.54 Å². The number of rotatable bonds is 5. The molecule has 0 aliphatic carbocycles. The number of nitrogens with one attached hydrogen (secondary N) is 2. The van der Waals surface area contributed by atoms with Gasteiger partial charge in [0.15, 0.2) is 0 Å². The second kappa shape index (κ2) is 10.4. The predicted molar refractivity (Wildman–Crippen MR) is 66.9 cm³/mol. The van der Waals surface area contributed by atoms with Crippen LogP contribution in [0.2, 0.25) is 0 Å². The van der Waals surface area contributed by atoms with Gasteiger partial charge < -0.3 is 5.32 Å². The van der Waals surface area contributed by atoms with Crippen molar-refractivity contribution in [1.29, 1.82) is 0 Å². The van der Waals surface area contributed by atoms with Gasteiger partial charge >= 0.3 is 0 Å². The Balaban J connectivity index is 0. The first-order valence-electron chi connectivity index (χ1n) is 5.73. The molecule has 0 spiro atoms. The Kier molecular flexibility index (Phi) is 11.2. The van der Waals surface area contributed by atoms with E-state index >= 15 is 0 Å². The Labute approximate surface area is 98.3 Å². The first-order chi connectivity index (χ1) is 7.37. The average Bonchev–Trinajstić information content (AvgIpc) is 2.13. The highest BCUT2D eigenvalue weighted by Crippen LogP contribution is 1.99. The van der Waals surface area contributed by atoms with E-state index in [2.05, 4.69) is 16.0 Å². The number of carbonyl (C=O) groups excluding carboxylic acids is 1. The van der Waals surface area contributed by atoms with Crippen LogP contribution in [0, 0.1) is 4.91 Å². The quantitative estimate of drug-likeness (QED) is 0.433. The second-order valence-corrected chi connectivity index (χ2v) is 4.55. The molecule has 0 heterocycles. The van der Waals surface area contributed by atoms with Crippen LogP contribution in [-0.2, 0) is 4.79 Å². The molecule has 5 heteroatoms. The van der Waals surface area contributed by atoms with Crippen LogP contribution in [-0.4, -0.2) is 18.0 Å². The van der Waals surface area contributed by atoms with Crippen molar-refractivity contribution >= 4 is 5.91 Å². The SMILES string of the molecule is CCCC(=O)NC(C)(C)C.CCCNN=O. The Morgan fingerprint density at radius 2 is 1.75 bits per heavy atom. The smallest absolute Gasteiger partial charge is 0.220 e. The lowest BCUT2D eigenvalue weighted by atomic mass is 10.1. The van der Waals surface area contributed by atoms with E-state index in [-0.39, 0.29) is 11.4 Å². The molecule has 0 saturated carbocycles. The summed E-state index contributed by atoms with van der Waals surface area (Å²) in [6, 6.07) is 0. The first-order valence-corrected chi connectivity index (χ1v) is 5.73. The lowest BCUT2D eigenvalue weighted by Crippen LogP contribution is -2.40. The summed E-state index contributed by atoms with van der Waals surface area (Å²) in [5.41, 5.74) is 2.19. The molecule has 0 radical (unpaired) electrons. The van der Waals surface area contributed by atoms with Crippen LogP contribution in [0.15, 0.2) is 5.29 Å². The minimum atomic E-state index is -0.0771. The molecule has 96 valence electrons. The lowest BCUT2D eigenvalue weighted by molar-refractivity contribution is -0.122. The maximum Gasteiger partial charge on any atom is 0.220 e. The monoisotopic (exact) mass is 231 g/mol. The van der Waals surface area contributed by atoms with E-state index in [0.717, 1.165) is 12.8 Å². The van der Waals surface area contributed by atoms with Gasteiger partial charge in [-0.15, -0.1) is 4.91 Å². The fourth-order valence-corrected chi connectivity index (χ4v) is 0.865. The maximum atomic E-state index is 10.9.